The Balaban J connectivity index is 2.53. The SMILES string of the molecule is Cc1noc2c1C(=O)N(C)CN2. The molecule has 1 aromatic rings. The molecule has 0 aliphatic carbocycles. The van der Waals surface area contributed by atoms with Crippen LogP contribution in [0.5, 0.6) is 0 Å². The zero-order valence-electron chi connectivity index (χ0n) is 6.92. The first-order valence-corrected chi connectivity index (χ1v) is 3.66. The summed E-state index contributed by atoms with van der Waals surface area (Å²) < 4.78 is 4.90. The van der Waals surface area contributed by atoms with E-state index in [0.717, 1.165) is 0 Å². The molecule has 1 N–H and O–H groups in total. The van der Waals surface area contributed by atoms with Gasteiger partial charge >= 0.3 is 0 Å². The largest absolute Gasteiger partial charge is 0.338 e. The summed E-state index contributed by atoms with van der Waals surface area (Å²) in [7, 11) is 1.73. The van der Waals surface area contributed by atoms with Crippen LogP contribution in [0.3, 0.4) is 0 Å². The van der Waals surface area contributed by atoms with E-state index in [1.165, 1.54) is 0 Å². The van der Waals surface area contributed by atoms with Crippen molar-refractivity contribution in [3.63, 3.8) is 0 Å². The number of aromatic nitrogens is 1. The molecule has 2 rings (SSSR count). The Morgan fingerprint density at radius 3 is 3.17 bits per heavy atom. The highest BCUT2D eigenvalue weighted by Gasteiger charge is 2.27. The van der Waals surface area contributed by atoms with E-state index in [4.69, 9.17) is 4.52 Å². The molecular formula is C7H9N3O2. The van der Waals surface area contributed by atoms with Crippen molar-refractivity contribution in [3.05, 3.63) is 11.3 Å². The van der Waals surface area contributed by atoms with E-state index in [0.29, 0.717) is 23.8 Å². The highest BCUT2D eigenvalue weighted by atomic mass is 16.5. The minimum Gasteiger partial charge on any atom is -0.338 e. The van der Waals surface area contributed by atoms with Gasteiger partial charge in [0.1, 0.15) is 5.56 Å². The van der Waals surface area contributed by atoms with Crippen LogP contribution in [0.25, 0.3) is 0 Å². The molecule has 1 aromatic heterocycles. The third-order valence-electron chi connectivity index (χ3n) is 1.90. The first-order chi connectivity index (χ1) is 5.70. The van der Waals surface area contributed by atoms with Gasteiger partial charge in [-0.15, -0.1) is 0 Å². The van der Waals surface area contributed by atoms with Gasteiger partial charge in [0.25, 0.3) is 5.91 Å². The van der Waals surface area contributed by atoms with Crippen LogP contribution in [0.1, 0.15) is 16.1 Å². The molecule has 1 aliphatic heterocycles. The fourth-order valence-corrected chi connectivity index (χ4v) is 1.20. The molecule has 0 saturated heterocycles. The van der Waals surface area contributed by atoms with Crippen molar-refractivity contribution in [1.29, 1.82) is 0 Å². The highest BCUT2D eigenvalue weighted by molar-refractivity contribution is 6.00. The van der Waals surface area contributed by atoms with Crippen LogP contribution in [-0.2, 0) is 0 Å². The summed E-state index contributed by atoms with van der Waals surface area (Å²) in [5.74, 6) is 0.443. The minimum absolute atomic E-state index is 0.0394. The van der Waals surface area contributed by atoms with E-state index in [9.17, 15) is 4.79 Å². The van der Waals surface area contributed by atoms with Crippen LogP contribution in [0, 0.1) is 6.92 Å². The van der Waals surface area contributed by atoms with Gasteiger partial charge in [-0.2, -0.15) is 0 Å². The van der Waals surface area contributed by atoms with Crippen molar-refractivity contribution in [2.45, 2.75) is 6.92 Å². The number of fused-ring (bicyclic) bond motifs is 1. The lowest BCUT2D eigenvalue weighted by Gasteiger charge is -2.21. The van der Waals surface area contributed by atoms with Gasteiger partial charge in [0.2, 0.25) is 5.88 Å². The number of amides is 1. The van der Waals surface area contributed by atoms with Gasteiger partial charge in [0.15, 0.2) is 0 Å². The Hall–Kier alpha value is -1.52. The number of nitrogens with one attached hydrogen (secondary N) is 1. The van der Waals surface area contributed by atoms with Crippen molar-refractivity contribution in [2.75, 3.05) is 19.0 Å². The number of hydrogen-bond donors (Lipinski definition) is 1. The summed E-state index contributed by atoms with van der Waals surface area (Å²) in [6.45, 7) is 2.22. The van der Waals surface area contributed by atoms with Crippen molar-refractivity contribution in [3.8, 4) is 0 Å². The maximum Gasteiger partial charge on any atom is 0.262 e. The Labute approximate surface area is 69.3 Å². The fraction of sp³-hybridized carbons (Fsp3) is 0.429. The van der Waals surface area contributed by atoms with E-state index in [1.54, 1.807) is 18.9 Å². The van der Waals surface area contributed by atoms with Crippen LogP contribution in [0.15, 0.2) is 4.52 Å². The molecule has 5 heteroatoms. The van der Waals surface area contributed by atoms with Crippen molar-refractivity contribution < 1.29 is 9.32 Å². The van der Waals surface area contributed by atoms with Gasteiger partial charge < -0.3 is 14.7 Å². The summed E-state index contributed by atoms with van der Waals surface area (Å²) in [6.07, 6.45) is 0. The average molecular weight is 167 g/mol. The lowest BCUT2D eigenvalue weighted by molar-refractivity contribution is 0.0794. The number of rotatable bonds is 0. The summed E-state index contributed by atoms with van der Waals surface area (Å²) >= 11 is 0. The minimum atomic E-state index is -0.0394. The molecule has 1 aliphatic rings. The van der Waals surface area contributed by atoms with Crippen molar-refractivity contribution in [2.24, 2.45) is 0 Å². The zero-order valence-corrected chi connectivity index (χ0v) is 6.92. The zero-order chi connectivity index (χ0) is 8.72. The number of carbonyl (C=O) groups excluding carboxylic acids is 1. The highest BCUT2D eigenvalue weighted by Crippen LogP contribution is 2.23. The van der Waals surface area contributed by atoms with Gasteiger partial charge in [-0.05, 0) is 6.92 Å². The molecule has 5 nitrogen and oxygen atoms in total. The number of nitrogens with zero attached hydrogens (tertiary/aromatic N) is 2. The van der Waals surface area contributed by atoms with Crippen LogP contribution in [0.4, 0.5) is 5.88 Å². The van der Waals surface area contributed by atoms with E-state index >= 15 is 0 Å². The molecule has 0 aromatic carbocycles. The van der Waals surface area contributed by atoms with Crippen molar-refractivity contribution >= 4 is 11.8 Å². The Kier molecular flexibility index (Phi) is 1.33. The number of hydrogen-bond acceptors (Lipinski definition) is 4. The molecule has 2 heterocycles. The second-order valence-electron chi connectivity index (χ2n) is 2.81. The van der Waals surface area contributed by atoms with Crippen LogP contribution in [-0.4, -0.2) is 29.7 Å². The van der Waals surface area contributed by atoms with Crippen LogP contribution < -0.4 is 5.32 Å². The molecule has 64 valence electrons. The standard InChI is InChI=1S/C7H9N3O2/c1-4-5-6(12-9-4)8-3-10(2)7(5)11/h8H,3H2,1-2H3. The normalized spacial score (nSPS) is 15.8. The predicted molar refractivity (Wildman–Crippen MR) is 41.8 cm³/mol. The summed E-state index contributed by atoms with van der Waals surface area (Å²) in [5, 5.41) is 6.64. The Bertz CT molecular complexity index is 331. The van der Waals surface area contributed by atoms with Gasteiger partial charge in [-0.3, -0.25) is 4.79 Å². The molecule has 0 saturated carbocycles. The molecule has 12 heavy (non-hydrogen) atoms. The number of carbonyl (C=O) groups is 1. The van der Waals surface area contributed by atoms with Gasteiger partial charge in [-0.1, -0.05) is 5.16 Å². The van der Waals surface area contributed by atoms with Gasteiger partial charge in [0.05, 0.1) is 12.4 Å². The Morgan fingerprint density at radius 1 is 1.67 bits per heavy atom. The molecule has 0 bridgehead atoms. The lowest BCUT2D eigenvalue weighted by Crippen LogP contribution is -2.36. The van der Waals surface area contributed by atoms with Gasteiger partial charge in [0, 0.05) is 7.05 Å². The molecule has 0 unspecified atom stereocenters. The molecule has 0 fully saturated rings. The Morgan fingerprint density at radius 2 is 2.42 bits per heavy atom. The molecule has 0 spiro atoms. The third-order valence-corrected chi connectivity index (χ3v) is 1.90. The summed E-state index contributed by atoms with van der Waals surface area (Å²) in [5.41, 5.74) is 1.18. The van der Waals surface area contributed by atoms with Crippen LogP contribution in [0.2, 0.25) is 0 Å². The quantitative estimate of drug-likeness (QED) is 0.609. The van der Waals surface area contributed by atoms with Crippen molar-refractivity contribution in [1.82, 2.24) is 10.1 Å². The fourth-order valence-electron chi connectivity index (χ4n) is 1.20. The second kappa shape index (κ2) is 2.23. The summed E-state index contributed by atoms with van der Waals surface area (Å²) in [6, 6.07) is 0. The van der Waals surface area contributed by atoms with E-state index in [-0.39, 0.29) is 5.91 Å². The monoisotopic (exact) mass is 167 g/mol. The maximum absolute atomic E-state index is 11.5. The predicted octanol–water partition coefficient (Wildman–Crippen LogP) is 0.438. The van der Waals surface area contributed by atoms with E-state index < -0.39 is 0 Å². The second-order valence-corrected chi connectivity index (χ2v) is 2.81. The van der Waals surface area contributed by atoms with E-state index in [1.807, 2.05) is 0 Å². The molecular weight excluding hydrogens is 158 g/mol. The number of anilines is 1. The smallest absolute Gasteiger partial charge is 0.262 e. The first-order valence-electron chi connectivity index (χ1n) is 3.66. The molecule has 0 radical (unpaired) electrons. The van der Waals surface area contributed by atoms with Gasteiger partial charge in [-0.25, -0.2) is 0 Å². The van der Waals surface area contributed by atoms with Crippen LogP contribution >= 0.6 is 0 Å². The number of aryl methyl sites for hydroxylation is 1. The average Bonchev–Trinajstić information content (AvgIpc) is 2.41. The summed E-state index contributed by atoms with van der Waals surface area (Å²) in [4.78, 5) is 13.1. The topological polar surface area (TPSA) is 58.4 Å². The first kappa shape index (κ1) is 7.15. The molecule has 1 amide bonds. The van der Waals surface area contributed by atoms with E-state index in [2.05, 4.69) is 10.5 Å². The maximum atomic E-state index is 11.5. The molecule has 0 atom stereocenters. The lowest BCUT2D eigenvalue weighted by atomic mass is 10.2. The third kappa shape index (κ3) is 0.792.